The minimum Gasteiger partial charge on any atom is -0.496 e. The zero-order valence-corrected chi connectivity index (χ0v) is 10.2. The van der Waals surface area contributed by atoms with Crippen LogP contribution in [0.25, 0.3) is 11.1 Å². The van der Waals surface area contributed by atoms with Gasteiger partial charge < -0.3 is 10.5 Å². The number of hydrogen-bond donors (Lipinski definition) is 1. The maximum Gasteiger partial charge on any atom is 0.127 e. The summed E-state index contributed by atoms with van der Waals surface area (Å²) in [5.74, 6) is 0.824. The van der Waals surface area contributed by atoms with Crippen molar-refractivity contribution in [3.8, 4) is 16.9 Å². The van der Waals surface area contributed by atoms with Crippen LogP contribution >= 0.6 is 11.6 Å². The van der Waals surface area contributed by atoms with Gasteiger partial charge in [0.2, 0.25) is 0 Å². The number of ether oxygens (including phenoxy) is 1. The molecule has 0 saturated heterocycles. The van der Waals surface area contributed by atoms with Gasteiger partial charge in [0.25, 0.3) is 0 Å². The predicted molar refractivity (Wildman–Crippen MR) is 69.5 cm³/mol. The van der Waals surface area contributed by atoms with Crippen LogP contribution in [0.15, 0.2) is 36.4 Å². The molecule has 0 aromatic heterocycles. The van der Waals surface area contributed by atoms with Gasteiger partial charge in [-0.05, 0) is 23.3 Å². The highest BCUT2D eigenvalue weighted by molar-refractivity contribution is 6.34. The van der Waals surface area contributed by atoms with E-state index < -0.39 is 0 Å². The van der Waals surface area contributed by atoms with Gasteiger partial charge in [-0.1, -0.05) is 35.9 Å². The van der Waals surface area contributed by atoms with Gasteiger partial charge in [-0.15, -0.1) is 0 Å². The monoisotopic (exact) mass is 245 g/mol. The lowest BCUT2D eigenvalue weighted by Crippen LogP contribution is -2.07. The molecule has 0 amide bonds. The first-order valence-electron chi connectivity index (χ1n) is 5.45. The second kappa shape index (κ2) is 3.76. The Hall–Kier alpha value is -1.51. The molecule has 0 fully saturated rings. The molecular weight excluding hydrogens is 234 g/mol. The topological polar surface area (TPSA) is 35.2 Å². The molecule has 1 atom stereocenters. The van der Waals surface area contributed by atoms with Crippen LogP contribution in [0.2, 0.25) is 5.02 Å². The van der Waals surface area contributed by atoms with Crippen molar-refractivity contribution in [1.29, 1.82) is 0 Å². The summed E-state index contributed by atoms with van der Waals surface area (Å²) in [6.45, 7) is 0. The highest BCUT2D eigenvalue weighted by Crippen LogP contribution is 2.49. The lowest BCUT2D eigenvalue weighted by Gasteiger charge is -2.09. The zero-order valence-electron chi connectivity index (χ0n) is 9.41. The Bertz CT molecular complexity index is 595. The number of halogens is 1. The molecule has 2 nitrogen and oxygen atoms in total. The van der Waals surface area contributed by atoms with Gasteiger partial charge in [0, 0.05) is 16.1 Å². The van der Waals surface area contributed by atoms with Crippen molar-refractivity contribution in [2.45, 2.75) is 6.04 Å². The summed E-state index contributed by atoms with van der Waals surface area (Å²) in [6.07, 6.45) is 0. The first-order valence-corrected chi connectivity index (χ1v) is 5.83. The van der Waals surface area contributed by atoms with Crippen LogP contribution in [0.4, 0.5) is 0 Å². The van der Waals surface area contributed by atoms with Crippen LogP contribution in [0.1, 0.15) is 17.2 Å². The SMILES string of the molecule is COc1cccc2c1-c1c(Cl)cccc1C2N. The van der Waals surface area contributed by atoms with Gasteiger partial charge in [-0.3, -0.25) is 0 Å². The molecule has 0 spiro atoms. The highest BCUT2D eigenvalue weighted by atomic mass is 35.5. The van der Waals surface area contributed by atoms with Crippen LogP contribution in [0.5, 0.6) is 5.75 Å². The quantitative estimate of drug-likeness (QED) is 0.836. The number of hydrogen-bond acceptors (Lipinski definition) is 2. The minimum atomic E-state index is -0.117. The third-order valence-electron chi connectivity index (χ3n) is 3.24. The summed E-state index contributed by atoms with van der Waals surface area (Å²) >= 11 is 6.28. The van der Waals surface area contributed by atoms with E-state index in [2.05, 4.69) is 0 Å². The Balaban J connectivity index is 2.39. The third-order valence-corrected chi connectivity index (χ3v) is 3.56. The summed E-state index contributed by atoms with van der Waals surface area (Å²) in [4.78, 5) is 0. The fourth-order valence-electron chi connectivity index (χ4n) is 2.48. The van der Waals surface area contributed by atoms with Gasteiger partial charge >= 0.3 is 0 Å². The molecule has 3 rings (SSSR count). The average molecular weight is 246 g/mol. The molecule has 0 radical (unpaired) electrons. The van der Waals surface area contributed by atoms with E-state index >= 15 is 0 Å². The van der Waals surface area contributed by atoms with Gasteiger partial charge in [0.15, 0.2) is 0 Å². The summed E-state index contributed by atoms with van der Waals surface area (Å²) < 4.78 is 5.40. The number of nitrogens with two attached hydrogens (primary N) is 1. The zero-order chi connectivity index (χ0) is 12.0. The summed E-state index contributed by atoms with van der Waals surface area (Å²) in [5.41, 5.74) is 10.4. The fraction of sp³-hybridized carbons (Fsp3) is 0.143. The smallest absolute Gasteiger partial charge is 0.127 e. The van der Waals surface area contributed by atoms with E-state index in [1.165, 1.54) is 0 Å². The molecule has 0 heterocycles. The van der Waals surface area contributed by atoms with Gasteiger partial charge in [-0.2, -0.15) is 0 Å². The number of benzene rings is 2. The standard InChI is InChI=1S/C14H12ClNO/c1-17-11-7-3-5-9-13(11)12-8(14(9)16)4-2-6-10(12)15/h2-7,14H,16H2,1H3. The average Bonchev–Trinajstić information content (AvgIpc) is 2.65. The van der Waals surface area contributed by atoms with Gasteiger partial charge in [0.05, 0.1) is 13.2 Å². The van der Waals surface area contributed by atoms with Crippen molar-refractivity contribution in [2.24, 2.45) is 5.73 Å². The molecule has 2 aromatic carbocycles. The Morgan fingerprint density at radius 2 is 1.71 bits per heavy atom. The first-order chi connectivity index (χ1) is 8.24. The molecule has 2 N–H and O–H groups in total. The van der Waals surface area contributed by atoms with Crippen LogP contribution in [-0.4, -0.2) is 7.11 Å². The van der Waals surface area contributed by atoms with Crippen molar-refractivity contribution in [3.05, 3.63) is 52.5 Å². The molecule has 86 valence electrons. The normalized spacial score (nSPS) is 16.5. The van der Waals surface area contributed by atoms with Crippen molar-refractivity contribution in [2.75, 3.05) is 7.11 Å². The molecule has 1 unspecified atom stereocenters. The molecular formula is C14H12ClNO. The van der Waals surface area contributed by atoms with E-state index in [-0.39, 0.29) is 6.04 Å². The molecule has 17 heavy (non-hydrogen) atoms. The van der Waals surface area contributed by atoms with Crippen molar-refractivity contribution in [3.63, 3.8) is 0 Å². The first kappa shape index (κ1) is 10.6. The largest absolute Gasteiger partial charge is 0.496 e. The second-order valence-corrected chi connectivity index (χ2v) is 4.51. The van der Waals surface area contributed by atoms with Crippen molar-refractivity contribution < 1.29 is 4.74 Å². The number of fused-ring (bicyclic) bond motifs is 3. The second-order valence-electron chi connectivity index (χ2n) is 4.11. The van der Waals surface area contributed by atoms with E-state index in [4.69, 9.17) is 22.1 Å². The lowest BCUT2D eigenvalue weighted by molar-refractivity contribution is 0.416. The lowest BCUT2D eigenvalue weighted by atomic mass is 10.0. The van der Waals surface area contributed by atoms with E-state index in [9.17, 15) is 0 Å². The van der Waals surface area contributed by atoms with E-state index in [0.717, 1.165) is 33.0 Å². The van der Waals surface area contributed by atoms with E-state index in [1.54, 1.807) is 7.11 Å². The van der Waals surface area contributed by atoms with Crippen molar-refractivity contribution >= 4 is 11.6 Å². The molecule has 0 saturated carbocycles. The molecule has 1 aliphatic rings. The molecule has 2 aromatic rings. The summed E-state index contributed by atoms with van der Waals surface area (Å²) in [6, 6.07) is 11.6. The Labute approximate surface area is 105 Å². The van der Waals surface area contributed by atoms with Crippen LogP contribution in [-0.2, 0) is 0 Å². The van der Waals surface area contributed by atoms with Crippen LogP contribution < -0.4 is 10.5 Å². The summed E-state index contributed by atoms with van der Waals surface area (Å²) in [5, 5.41) is 0.723. The Morgan fingerprint density at radius 1 is 1.06 bits per heavy atom. The van der Waals surface area contributed by atoms with Gasteiger partial charge in [-0.25, -0.2) is 0 Å². The van der Waals surface area contributed by atoms with Crippen LogP contribution in [0, 0.1) is 0 Å². The third kappa shape index (κ3) is 1.38. The maximum absolute atomic E-state index is 6.28. The fourth-order valence-corrected chi connectivity index (χ4v) is 2.75. The number of rotatable bonds is 1. The van der Waals surface area contributed by atoms with E-state index in [0.29, 0.717) is 0 Å². The molecule has 3 heteroatoms. The predicted octanol–water partition coefficient (Wildman–Crippen LogP) is 3.38. The molecule has 0 bridgehead atoms. The highest BCUT2D eigenvalue weighted by Gasteiger charge is 2.29. The van der Waals surface area contributed by atoms with Gasteiger partial charge in [0.1, 0.15) is 5.75 Å². The van der Waals surface area contributed by atoms with E-state index in [1.807, 2.05) is 36.4 Å². The van der Waals surface area contributed by atoms with Crippen LogP contribution in [0.3, 0.4) is 0 Å². The maximum atomic E-state index is 6.28. The summed E-state index contributed by atoms with van der Waals surface area (Å²) in [7, 11) is 1.66. The van der Waals surface area contributed by atoms with Crippen molar-refractivity contribution in [1.82, 2.24) is 0 Å². The minimum absolute atomic E-state index is 0.117. The number of methoxy groups -OCH3 is 1. The molecule has 1 aliphatic carbocycles. The Kier molecular flexibility index (Phi) is 2.35. The molecule has 0 aliphatic heterocycles. The Morgan fingerprint density at radius 3 is 2.41 bits per heavy atom.